The molecule has 0 spiro atoms. The summed E-state index contributed by atoms with van der Waals surface area (Å²) in [4.78, 5) is 13.3. The molecule has 22 heavy (non-hydrogen) atoms. The third kappa shape index (κ3) is 2.99. The van der Waals surface area contributed by atoms with E-state index in [1.165, 1.54) is 17.9 Å². The normalized spacial score (nSPS) is 18.5. The van der Waals surface area contributed by atoms with Gasteiger partial charge < -0.3 is 14.3 Å². The molecular formula is C17H19NO4. The standard InChI is InChI=1S/C17H19NO4/c1-21-14-4-2-12(3-5-14)13-6-8-18(10-13)11-16-15(17(19)20)7-9-22-16/h2-5,7,9,13H,6,8,10-11H2,1H3,(H,19,20). The van der Waals surface area contributed by atoms with Gasteiger partial charge in [-0.05, 0) is 42.6 Å². The zero-order valence-corrected chi connectivity index (χ0v) is 12.5. The summed E-state index contributed by atoms with van der Waals surface area (Å²) in [5.74, 6) is 0.923. The molecule has 1 aromatic heterocycles. The van der Waals surface area contributed by atoms with Gasteiger partial charge in [-0.2, -0.15) is 0 Å². The van der Waals surface area contributed by atoms with Crippen molar-refractivity contribution >= 4 is 5.97 Å². The van der Waals surface area contributed by atoms with E-state index in [0.29, 0.717) is 18.2 Å². The molecule has 2 aromatic rings. The molecule has 0 saturated carbocycles. The van der Waals surface area contributed by atoms with Crippen molar-refractivity contribution in [3.63, 3.8) is 0 Å². The van der Waals surface area contributed by atoms with Crippen LogP contribution in [0.1, 0.15) is 34.0 Å². The Labute approximate surface area is 129 Å². The average Bonchev–Trinajstić information content (AvgIpc) is 3.17. The van der Waals surface area contributed by atoms with E-state index in [-0.39, 0.29) is 5.56 Å². The van der Waals surface area contributed by atoms with Crippen LogP contribution in [0.2, 0.25) is 0 Å². The van der Waals surface area contributed by atoms with Gasteiger partial charge in [0.05, 0.1) is 19.9 Å². The molecule has 1 aliphatic heterocycles. The smallest absolute Gasteiger partial charge is 0.339 e. The number of hydrogen-bond acceptors (Lipinski definition) is 4. The molecule has 0 aliphatic carbocycles. The Morgan fingerprint density at radius 3 is 2.82 bits per heavy atom. The molecular weight excluding hydrogens is 282 g/mol. The van der Waals surface area contributed by atoms with E-state index in [0.717, 1.165) is 25.3 Å². The first-order valence-electron chi connectivity index (χ1n) is 7.33. The fraction of sp³-hybridized carbons (Fsp3) is 0.353. The van der Waals surface area contributed by atoms with E-state index >= 15 is 0 Å². The zero-order valence-electron chi connectivity index (χ0n) is 12.5. The monoisotopic (exact) mass is 301 g/mol. The number of rotatable bonds is 5. The molecule has 0 amide bonds. The van der Waals surface area contributed by atoms with Crippen molar-refractivity contribution in [2.45, 2.75) is 18.9 Å². The highest BCUT2D eigenvalue weighted by Gasteiger charge is 2.26. The van der Waals surface area contributed by atoms with Crippen molar-refractivity contribution in [3.8, 4) is 5.75 Å². The Morgan fingerprint density at radius 1 is 1.36 bits per heavy atom. The molecule has 0 bridgehead atoms. The highest BCUT2D eigenvalue weighted by atomic mass is 16.5. The molecule has 5 nitrogen and oxygen atoms in total. The van der Waals surface area contributed by atoms with Crippen LogP contribution in [0.3, 0.4) is 0 Å². The molecule has 3 rings (SSSR count). The summed E-state index contributed by atoms with van der Waals surface area (Å²) in [7, 11) is 1.66. The minimum atomic E-state index is -0.936. The number of ether oxygens (including phenoxy) is 1. The van der Waals surface area contributed by atoms with Crippen LogP contribution in [0.4, 0.5) is 0 Å². The first kappa shape index (κ1) is 14.7. The average molecular weight is 301 g/mol. The first-order chi connectivity index (χ1) is 10.7. The van der Waals surface area contributed by atoms with Gasteiger partial charge in [0.1, 0.15) is 17.1 Å². The van der Waals surface area contributed by atoms with Crippen LogP contribution in [-0.2, 0) is 6.54 Å². The highest BCUT2D eigenvalue weighted by molar-refractivity contribution is 5.88. The molecule has 1 aliphatic rings. The number of likely N-dealkylation sites (tertiary alicyclic amines) is 1. The lowest BCUT2D eigenvalue weighted by Gasteiger charge is -2.15. The van der Waals surface area contributed by atoms with Crippen molar-refractivity contribution < 1.29 is 19.1 Å². The minimum absolute atomic E-state index is 0.257. The summed E-state index contributed by atoms with van der Waals surface area (Å²) in [5, 5.41) is 9.12. The van der Waals surface area contributed by atoms with E-state index in [2.05, 4.69) is 17.0 Å². The third-order valence-corrected chi connectivity index (χ3v) is 4.20. The summed E-state index contributed by atoms with van der Waals surface area (Å²) >= 11 is 0. The predicted octanol–water partition coefficient (Wildman–Crippen LogP) is 2.98. The highest BCUT2D eigenvalue weighted by Crippen LogP contribution is 2.29. The third-order valence-electron chi connectivity index (χ3n) is 4.20. The van der Waals surface area contributed by atoms with E-state index in [1.807, 2.05) is 12.1 Å². The maximum Gasteiger partial charge on any atom is 0.339 e. The summed E-state index contributed by atoms with van der Waals surface area (Å²) < 4.78 is 10.5. The van der Waals surface area contributed by atoms with Crippen molar-refractivity contribution in [2.24, 2.45) is 0 Å². The molecule has 1 fully saturated rings. The molecule has 1 N–H and O–H groups in total. The zero-order chi connectivity index (χ0) is 15.5. The second kappa shape index (κ2) is 6.23. The van der Waals surface area contributed by atoms with Crippen LogP contribution in [0.25, 0.3) is 0 Å². The van der Waals surface area contributed by atoms with Crippen molar-refractivity contribution in [2.75, 3.05) is 20.2 Å². The number of furan rings is 1. The molecule has 1 saturated heterocycles. The van der Waals surface area contributed by atoms with Crippen molar-refractivity contribution in [3.05, 3.63) is 53.5 Å². The van der Waals surface area contributed by atoms with Gasteiger partial charge in [-0.3, -0.25) is 4.90 Å². The summed E-state index contributed by atoms with van der Waals surface area (Å²) in [5.41, 5.74) is 1.55. The SMILES string of the molecule is COc1ccc(C2CCN(Cc3occc3C(=O)O)C2)cc1. The molecule has 116 valence electrons. The number of carboxylic acids is 1. The van der Waals surface area contributed by atoms with Gasteiger partial charge in [-0.25, -0.2) is 4.79 Å². The predicted molar refractivity (Wildman–Crippen MR) is 81.3 cm³/mol. The Hall–Kier alpha value is -2.27. The maximum atomic E-state index is 11.1. The van der Waals surface area contributed by atoms with Gasteiger partial charge in [-0.1, -0.05) is 12.1 Å². The van der Waals surface area contributed by atoms with Gasteiger partial charge in [0, 0.05) is 6.54 Å². The van der Waals surface area contributed by atoms with Gasteiger partial charge in [-0.15, -0.1) is 0 Å². The molecule has 0 radical (unpaired) electrons. The Kier molecular flexibility index (Phi) is 4.15. The van der Waals surface area contributed by atoms with Crippen LogP contribution < -0.4 is 4.74 Å². The van der Waals surface area contributed by atoms with Crippen LogP contribution >= 0.6 is 0 Å². The molecule has 1 aromatic carbocycles. The number of carbonyl (C=O) groups is 1. The van der Waals surface area contributed by atoms with Gasteiger partial charge in [0.2, 0.25) is 0 Å². The van der Waals surface area contributed by atoms with Crippen LogP contribution in [-0.4, -0.2) is 36.2 Å². The van der Waals surface area contributed by atoms with Crippen LogP contribution in [0, 0.1) is 0 Å². The number of nitrogens with zero attached hydrogens (tertiary/aromatic N) is 1. The quantitative estimate of drug-likeness (QED) is 0.920. The largest absolute Gasteiger partial charge is 0.497 e. The number of hydrogen-bond donors (Lipinski definition) is 1. The Morgan fingerprint density at radius 2 is 2.14 bits per heavy atom. The van der Waals surface area contributed by atoms with E-state index in [4.69, 9.17) is 14.3 Å². The molecule has 2 heterocycles. The second-order valence-corrected chi connectivity index (χ2v) is 5.56. The lowest BCUT2D eigenvalue weighted by molar-refractivity contribution is 0.0693. The molecule has 5 heteroatoms. The second-order valence-electron chi connectivity index (χ2n) is 5.56. The Bertz CT molecular complexity index is 647. The van der Waals surface area contributed by atoms with E-state index in [9.17, 15) is 4.79 Å². The maximum absolute atomic E-state index is 11.1. The fourth-order valence-electron chi connectivity index (χ4n) is 2.98. The van der Waals surface area contributed by atoms with Crippen LogP contribution in [0.15, 0.2) is 41.0 Å². The van der Waals surface area contributed by atoms with Crippen molar-refractivity contribution in [1.29, 1.82) is 0 Å². The number of aromatic carboxylic acids is 1. The number of methoxy groups -OCH3 is 1. The van der Waals surface area contributed by atoms with Crippen LogP contribution in [0.5, 0.6) is 5.75 Å². The minimum Gasteiger partial charge on any atom is -0.497 e. The van der Waals surface area contributed by atoms with Gasteiger partial charge in [0.25, 0.3) is 0 Å². The van der Waals surface area contributed by atoms with Gasteiger partial charge >= 0.3 is 5.97 Å². The summed E-state index contributed by atoms with van der Waals surface area (Å²) in [6.45, 7) is 2.39. The van der Waals surface area contributed by atoms with Crippen molar-refractivity contribution in [1.82, 2.24) is 4.90 Å². The molecule has 1 unspecified atom stereocenters. The van der Waals surface area contributed by atoms with E-state index in [1.54, 1.807) is 7.11 Å². The summed E-state index contributed by atoms with van der Waals surface area (Å²) in [6, 6.07) is 9.67. The van der Waals surface area contributed by atoms with E-state index < -0.39 is 5.97 Å². The lowest BCUT2D eigenvalue weighted by Crippen LogP contribution is -2.20. The lowest BCUT2D eigenvalue weighted by atomic mass is 9.98. The number of benzene rings is 1. The summed E-state index contributed by atoms with van der Waals surface area (Å²) in [6.07, 6.45) is 2.51. The first-order valence-corrected chi connectivity index (χ1v) is 7.33. The van der Waals surface area contributed by atoms with Gasteiger partial charge in [0.15, 0.2) is 0 Å². The number of carboxylic acid groups (broad SMARTS) is 1. The topological polar surface area (TPSA) is 62.9 Å². The fourth-order valence-corrected chi connectivity index (χ4v) is 2.98. The molecule has 1 atom stereocenters. The Balaban J connectivity index is 1.64.